The van der Waals surface area contributed by atoms with Gasteiger partial charge in [0.05, 0.1) is 10.2 Å². The third-order valence-corrected chi connectivity index (χ3v) is 4.92. The van der Waals surface area contributed by atoms with Crippen LogP contribution in [0.1, 0.15) is 15.9 Å². The largest absolute Gasteiger partial charge is 0.437 e. The zero-order valence-electron chi connectivity index (χ0n) is 15.6. The van der Waals surface area contributed by atoms with Crippen molar-refractivity contribution in [1.29, 1.82) is 0 Å². The van der Waals surface area contributed by atoms with E-state index in [4.69, 9.17) is 4.74 Å². The van der Waals surface area contributed by atoms with Crippen molar-refractivity contribution in [2.75, 3.05) is 0 Å². The molecule has 4 rings (SSSR count). The van der Waals surface area contributed by atoms with Gasteiger partial charge < -0.3 is 10.1 Å². The van der Waals surface area contributed by atoms with E-state index in [0.717, 1.165) is 11.3 Å². The minimum absolute atomic E-state index is 0.127. The number of rotatable bonds is 6. The molecule has 0 aliphatic heterocycles. The minimum atomic E-state index is -0.399. The van der Waals surface area contributed by atoms with Crippen molar-refractivity contribution >= 4 is 21.8 Å². The fourth-order valence-corrected chi connectivity index (χ4v) is 3.30. The molecular formula is C22H16BrFN4O2. The third kappa shape index (κ3) is 4.38. The van der Waals surface area contributed by atoms with E-state index >= 15 is 0 Å². The number of benzene rings is 2. The molecule has 1 amide bonds. The maximum atomic E-state index is 13.3. The van der Waals surface area contributed by atoms with Crippen molar-refractivity contribution in [3.8, 4) is 17.3 Å². The number of carbonyl (C=O) groups is 1. The highest BCUT2D eigenvalue weighted by Crippen LogP contribution is 2.30. The summed E-state index contributed by atoms with van der Waals surface area (Å²) in [5.74, 6) is -0.258. The highest BCUT2D eigenvalue weighted by molar-refractivity contribution is 9.10. The molecule has 0 saturated carbocycles. The predicted molar refractivity (Wildman–Crippen MR) is 113 cm³/mol. The van der Waals surface area contributed by atoms with Gasteiger partial charge in [-0.2, -0.15) is 5.10 Å². The lowest BCUT2D eigenvalue weighted by atomic mass is 10.1. The van der Waals surface area contributed by atoms with Gasteiger partial charge in [-0.05, 0) is 64.0 Å². The molecule has 0 spiro atoms. The van der Waals surface area contributed by atoms with E-state index in [1.54, 1.807) is 23.0 Å². The van der Waals surface area contributed by atoms with Crippen molar-refractivity contribution in [3.05, 3.63) is 101 Å². The fourth-order valence-electron chi connectivity index (χ4n) is 2.87. The molecule has 0 aliphatic rings. The number of nitrogens with zero attached hydrogens (tertiary/aromatic N) is 3. The van der Waals surface area contributed by atoms with Crippen LogP contribution in [0.2, 0.25) is 0 Å². The molecule has 0 atom stereocenters. The lowest BCUT2D eigenvalue weighted by Crippen LogP contribution is -2.24. The average Bonchev–Trinajstić information content (AvgIpc) is 3.29. The van der Waals surface area contributed by atoms with Gasteiger partial charge in [0.1, 0.15) is 17.1 Å². The van der Waals surface area contributed by atoms with Gasteiger partial charge in [-0.15, -0.1) is 0 Å². The molecule has 150 valence electrons. The summed E-state index contributed by atoms with van der Waals surface area (Å²) in [5, 5.41) is 7.15. The van der Waals surface area contributed by atoms with Crippen LogP contribution in [-0.4, -0.2) is 20.7 Å². The molecular weight excluding hydrogens is 451 g/mol. The first-order chi connectivity index (χ1) is 14.6. The molecule has 6 nitrogen and oxygen atoms in total. The summed E-state index contributed by atoms with van der Waals surface area (Å²) >= 11 is 3.25. The Morgan fingerprint density at radius 1 is 1.10 bits per heavy atom. The molecule has 0 radical (unpaired) electrons. The molecule has 2 heterocycles. The van der Waals surface area contributed by atoms with Crippen LogP contribution < -0.4 is 10.1 Å². The molecule has 0 unspecified atom stereocenters. The zero-order valence-corrected chi connectivity index (χ0v) is 17.2. The number of para-hydroxylation sites is 1. The second kappa shape index (κ2) is 8.87. The van der Waals surface area contributed by atoms with E-state index in [1.807, 2.05) is 36.5 Å². The molecule has 0 aliphatic carbocycles. The van der Waals surface area contributed by atoms with E-state index in [2.05, 4.69) is 31.3 Å². The Kier molecular flexibility index (Phi) is 5.85. The topological polar surface area (TPSA) is 69.0 Å². The number of hydrogen-bond donors (Lipinski definition) is 1. The van der Waals surface area contributed by atoms with E-state index in [0.29, 0.717) is 16.8 Å². The summed E-state index contributed by atoms with van der Waals surface area (Å²) in [6, 6.07) is 16.8. The van der Waals surface area contributed by atoms with Gasteiger partial charge in [0, 0.05) is 25.1 Å². The molecule has 8 heteroatoms. The first kappa shape index (κ1) is 19.8. The van der Waals surface area contributed by atoms with Crippen LogP contribution >= 0.6 is 15.9 Å². The number of ether oxygens (including phenoxy) is 1. The van der Waals surface area contributed by atoms with Gasteiger partial charge in [0.15, 0.2) is 0 Å². The molecule has 2 aromatic heterocycles. The second-order valence-corrected chi connectivity index (χ2v) is 7.15. The maximum Gasteiger partial charge on any atom is 0.257 e. The third-order valence-electron chi connectivity index (χ3n) is 4.30. The van der Waals surface area contributed by atoms with Gasteiger partial charge in [-0.3, -0.25) is 4.79 Å². The lowest BCUT2D eigenvalue weighted by Gasteiger charge is -2.13. The normalized spacial score (nSPS) is 10.6. The minimum Gasteiger partial charge on any atom is -0.437 e. The van der Waals surface area contributed by atoms with Crippen LogP contribution in [0.25, 0.3) is 5.69 Å². The summed E-state index contributed by atoms with van der Waals surface area (Å²) in [6.45, 7) is 0.295. The maximum absolute atomic E-state index is 13.3. The zero-order chi connectivity index (χ0) is 20.9. The Morgan fingerprint density at radius 3 is 2.77 bits per heavy atom. The number of nitrogens with one attached hydrogen (secondary N) is 1. The average molecular weight is 467 g/mol. The number of carbonyl (C=O) groups excluding carboxylic acids is 1. The van der Waals surface area contributed by atoms with Crippen LogP contribution in [-0.2, 0) is 6.54 Å². The summed E-state index contributed by atoms with van der Waals surface area (Å²) in [5.41, 5.74) is 2.05. The number of halogens is 2. The highest BCUT2D eigenvalue weighted by atomic mass is 79.9. The van der Waals surface area contributed by atoms with E-state index in [1.165, 1.54) is 24.4 Å². The predicted octanol–water partition coefficient (Wildman–Crippen LogP) is 4.89. The number of aromatic nitrogens is 3. The monoisotopic (exact) mass is 466 g/mol. The number of hydrogen-bond acceptors (Lipinski definition) is 4. The summed E-state index contributed by atoms with van der Waals surface area (Å²) in [7, 11) is 0. The molecule has 0 saturated heterocycles. The Hall–Kier alpha value is -3.52. The molecule has 30 heavy (non-hydrogen) atoms. The van der Waals surface area contributed by atoms with E-state index in [9.17, 15) is 9.18 Å². The Labute approximate surface area is 180 Å². The van der Waals surface area contributed by atoms with Gasteiger partial charge >= 0.3 is 0 Å². The Balaban J connectivity index is 1.53. The molecule has 0 bridgehead atoms. The van der Waals surface area contributed by atoms with E-state index in [-0.39, 0.29) is 17.4 Å². The Morgan fingerprint density at radius 2 is 1.97 bits per heavy atom. The molecule has 1 N–H and O–H groups in total. The van der Waals surface area contributed by atoms with Crippen molar-refractivity contribution in [1.82, 2.24) is 20.1 Å². The smallest absolute Gasteiger partial charge is 0.257 e. The van der Waals surface area contributed by atoms with E-state index < -0.39 is 5.82 Å². The Bertz CT molecular complexity index is 1180. The van der Waals surface area contributed by atoms with Gasteiger partial charge in [0.2, 0.25) is 5.88 Å². The van der Waals surface area contributed by atoms with Crippen LogP contribution in [0.4, 0.5) is 4.39 Å². The van der Waals surface area contributed by atoms with Crippen LogP contribution in [0.3, 0.4) is 0 Å². The van der Waals surface area contributed by atoms with Crippen LogP contribution in [0, 0.1) is 5.82 Å². The first-order valence-corrected chi connectivity index (χ1v) is 9.85. The summed E-state index contributed by atoms with van der Waals surface area (Å²) in [4.78, 5) is 17.0. The first-order valence-electron chi connectivity index (χ1n) is 9.06. The summed E-state index contributed by atoms with van der Waals surface area (Å²) in [6.07, 6.45) is 5.06. The fraction of sp³-hybridized carbons (Fsp3) is 0.0455. The quantitative estimate of drug-likeness (QED) is 0.439. The molecule has 2 aromatic carbocycles. The SMILES string of the molecule is O=C(NCc1ccccc1-n1cccn1)c1cccnc1Oc1ccc(F)cc1Br. The van der Waals surface area contributed by atoms with Gasteiger partial charge in [0.25, 0.3) is 5.91 Å². The van der Waals surface area contributed by atoms with Gasteiger partial charge in [-0.1, -0.05) is 18.2 Å². The molecule has 4 aromatic rings. The van der Waals surface area contributed by atoms with Gasteiger partial charge in [-0.25, -0.2) is 14.1 Å². The van der Waals surface area contributed by atoms with Crippen LogP contribution in [0.5, 0.6) is 11.6 Å². The van der Waals surface area contributed by atoms with Crippen molar-refractivity contribution in [3.63, 3.8) is 0 Å². The van der Waals surface area contributed by atoms with Crippen molar-refractivity contribution < 1.29 is 13.9 Å². The van der Waals surface area contributed by atoms with Crippen molar-refractivity contribution in [2.45, 2.75) is 6.54 Å². The standard InChI is InChI=1S/C22H16BrFN4O2/c23-18-13-16(24)8-9-20(18)30-22-17(6-3-10-25-22)21(29)26-14-15-5-1-2-7-19(15)28-12-4-11-27-28/h1-13H,14H2,(H,26,29). The second-order valence-electron chi connectivity index (χ2n) is 6.29. The molecule has 0 fully saturated rings. The van der Waals surface area contributed by atoms with Crippen molar-refractivity contribution in [2.24, 2.45) is 0 Å². The number of pyridine rings is 1. The number of amides is 1. The highest BCUT2D eigenvalue weighted by Gasteiger charge is 2.16. The van der Waals surface area contributed by atoms with Crippen LogP contribution in [0.15, 0.2) is 83.7 Å². The summed E-state index contributed by atoms with van der Waals surface area (Å²) < 4.78 is 21.2. The lowest BCUT2D eigenvalue weighted by molar-refractivity contribution is 0.0948.